The van der Waals surface area contributed by atoms with Crippen molar-refractivity contribution >= 4 is 54.1 Å². The number of benzene rings is 9. The molecule has 1 nitrogen and oxygen atoms in total. The summed E-state index contributed by atoms with van der Waals surface area (Å²) in [7, 11) is 0. The fraction of sp³-hybridized carbons (Fsp3) is 0. The van der Waals surface area contributed by atoms with Gasteiger partial charge < -0.3 is 4.42 Å². The van der Waals surface area contributed by atoms with E-state index in [9.17, 15) is 0 Å². The molecule has 0 aliphatic carbocycles. The maximum atomic E-state index is 6.65. The number of fused-ring (bicyclic) bond motifs is 6. The second-order valence-corrected chi connectivity index (χ2v) is 12.8. The van der Waals surface area contributed by atoms with Crippen molar-refractivity contribution in [1.29, 1.82) is 0 Å². The zero-order valence-electron chi connectivity index (χ0n) is 26.7. The Morgan fingerprint density at radius 2 is 0.714 bits per heavy atom. The molecule has 0 unspecified atom stereocenters. The second-order valence-electron chi connectivity index (χ2n) is 12.8. The first-order chi connectivity index (χ1) is 24.3. The zero-order chi connectivity index (χ0) is 32.3. The van der Waals surface area contributed by atoms with Crippen molar-refractivity contribution in [3.05, 3.63) is 182 Å². The van der Waals surface area contributed by atoms with E-state index < -0.39 is 0 Å². The van der Waals surface area contributed by atoms with Gasteiger partial charge in [0.05, 0.1) is 0 Å². The summed E-state index contributed by atoms with van der Waals surface area (Å²) in [4.78, 5) is 0. The van der Waals surface area contributed by atoms with Crippen molar-refractivity contribution in [3.63, 3.8) is 0 Å². The summed E-state index contributed by atoms with van der Waals surface area (Å²) in [5.74, 6) is 0.896. The van der Waals surface area contributed by atoms with Gasteiger partial charge in [0.25, 0.3) is 0 Å². The highest BCUT2D eigenvalue weighted by molar-refractivity contribution is 6.23. The molecule has 228 valence electrons. The van der Waals surface area contributed by atoms with Crippen LogP contribution in [0, 0.1) is 0 Å². The Morgan fingerprint density at radius 3 is 1.33 bits per heavy atom. The van der Waals surface area contributed by atoms with Crippen LogP contribution in [0.3, 0.4) is 0 Å². The Morgan fingerprint density at radius 1 is 0.265 bits per heavy atom. The van der Waals surface area contributed by atoms with Crippen LogP contribution in [0.15, 0.2) is 186 Å². The van der Waals surface area contributed by atoms with Crippen molar-refractivity contribution < 1.29 is 4.42 Å². The first kappa shape index (κ1) is 27.7. The Labute approximate surface area is 284 Å². The average molecular weight is 623 g/mol. The number of hydrogen-bond acceptors (Lipinski definition) is 1. The van der Waals surface area contributed by atoms with E-state index in [1.54, 1.807) is 0 Å². The first-order valence-electron chi connectivity index (χ1n) is 16.8. The summed E-state index contributed by atoms with van der Waals surface area (Å²) in [5, 5.41) is 11.2. The summed E-state index contributed by atoms with van der Waals surface area (Å²) in [5.41, 5.74) is 9.14. The molecule has 0 spiro atoms. The van der Waals surface area contributed by atoms with Crippen molar-refractivity contribution in [3.8, 4) is 44.7 Å². The quantitative estimate of drug-likeness (QED) is 0.141. The van der Waals surface area contributed by atoms with Gasteiger partial charge >= 0.3 is 0 Å². The van der Waals surface area contributed by atoms with Crippen LogP contribution in [0.25, 0.3) is 98.8 Å². The van der Waals surface area contributed by atoms with Crippen LogP contribution in [-0.2, 0) is 0 Å². The molecule has 9 aromatic carbocycles. The van der Waals surface area contributed by atoms with Crippen molar-refractivity contribution in [2.45, 2.75) is 0 Å². The zero-order valence-corrected chi connectivity index (χ0v) is 26.7. The Hall–Kier alpha value is -6.44. The standard InChI is InChI=1S/C48H30O/c1-3-14-33(15-4-1)47-43-30-36(27-28-44(43)49-48(47)34-16-5-2-6-17-34)46-40-21-11-9-19-38(40)45(39-20-10-12-22-41(39)46)35-26-25-32-24-23-31-13-7-8-18-37(31)42(32)29-35/h1-30H. The summed E-state index contributed by atoms with van der Waals surface area (Å²) in [6, 6.07) is 65.7. The van der Waals surface area contributed by atoms with E-state index in [-0.39, 0.29) is 0 Å². The third-order valence-corrected chi connectivity index (χ3v) is 10.0. The van der Waals surface area contributed by atoms with E-state index in [4.69, 9.17) is 4.42 Å². The number of furan rings is 1. The largest absolute Gasteiger partial charge is 0.455 e. The molecule has 0 saturated heterocycles. The minimum absolute atomic E-state index is 0.884. The first-order valence-corrected chi connectivity index (χ1v) is 16.8. The number of rotatable bonds is 4. The fourth-order valence-corrected chi connectivity index (χ4v) is 7.85. The molecule has 1 heteroatoms. The molecule has 0 atom stereocenters. The lowest BCUT2D eigenvalue weighted by molar-refractivity contribution is 0.632. The van der Waals surface area contributed by atoms with Crippen LogP contribution in [0.2, 0.25) is 0 Å². The highest BCUT2D eigenvalue weighted by Crippen LogP contribution is 2.47. The molecule has 10 rings (SSSR count). The predicted molar refractivity (Wildman–Crippen MR) is 208 cm³/mol. The Balaban J connectivity index is 1.26. The van der Waals surface area contributed by atoms with Crippen LogP contribution in [0.5, 0.6) is 0 Å². The molecule has 10 aromatic rings. The lowest BCUT2D eigenvalue weighted by Crippen LogP contribution is -1.91. The van der Waals surface area contributed by atoms with Gasteiger partial charge in [-0.1, -0.05) is 164 Å². The van der Waals surface area contributed by atoms with Crippen LogP contribution in [0.4, 0.5) is 0 Å². The van der Waals surface area contributed by atoms with Gasteiger partial charge in [-0.25, -0.2) is 0 Å². The van der Waals surface area contributed by atoms with Gasteiger partial charge in [0.15, 0.2) is 0 Å². The van der Waals surface area contributed by atoms with E-state index in [1.807, 2.05) is 6.07 Å². The molecule has 1 heterocycles. The minimum atomic E-state index is 0.884. The molecule has 0 saturated carbocycles. The Bertz CT molecular complexity index is 2800. The summed E-state index contributed by atoms with van der Waals surface area (Å²) in [6.07, 6.45) is 0. The normalized spacial score (nSPS) is 11.7. The van der Waals surface area contributed by atoms with E-state index in [0.29, 0.717) is 0 Å². The van der Waals surface area contributed by atoms with E-state index in [2.05, 4.69) is 176 Å². The van der Waals surface area contributed by atoms with Gasteiger partial charge in [-0.05, 0) is 89.1 Å². The maximum absolute atomic E-state index is 6.65. The molecular formula is C48H30O. The third-order valence-electron chi connectivity index (χ3n) is 10.0. The SMILES string of the molecule is c1ccc(-c2oc3ccc(-c4c5ccccc5c(-c5ccc6ccc7ccccc7c6c5)c5ccccc45)cc3c2-c2ccccc2)cc1. The van der Waals surface area contributed by atoms with Crippen molar-refractivity contribution in [2.24, 2.45) is 0 Å². The molecule has 0 fully saturated rings. The lowest BCUT2D eigenvalue weighted by atomic mass is 9.85. The lowest BCUT2D eigenvalue weighted by Gasteiger charge is -2.18. The second kappa shape index (κ2) is 11.1. The molecule has 0 bridgehead atoms. The molecule has 0 aliphatic heterocycles. The molecule has 0 N–H and O–H groups in total. The van der Waals surface area contributed by atoms with Crippen LogP contribution in [-0.4, -0.2) is 0 Å². The maximum Gasteiger partial charge on any atom is 0.143 e. The smallest absolute Gasteiger partial charge is 0.143 e. The van der Waals surface area contributed by atoms with Crippen LogP contribution < -0.4 is 0 Å². The third kappa shape index (κ3) is 4.40. The van der Waals surface area contributed by atoms with E-state index >= 15 is 0 Å². The van der Waals surface area contributed by atoms with Gasteiger partial charge in [0.2, 0.25) is 0 Å². The summed E-state index contributed by atoms with van der Waals surface area (Å²) in [6.45, 7) is 0. The van der Waals surface area contributed by atoms with Crippen molar-refractivity contribution in [1.82, 2.24) is 0 Å². The highest BCUT2D eigenvalue weighted by atomic mass is 16.3. The average Bonchev–Trinajstić information content (AvgIpc) is 3.56. The van der Waals surface area contributed by atoms with Gasteiger partial charge in [0, 0.05) is 16.5 Å². The van der Waals surface area contributed by atoms with Gasteiger partial charge in [-0.2, -0.15) is 0 Å². The number of hydrogen-bond donors (Lipinski definition) is 0. The molecular weight excluding hydrogens is 593 g/mol. The molecule has 0 aliphatic rings. The molecule has 0 amide bonds. The van der Waals surface area contributed by atoms with Gasteiger partial charge in [-0.15, -0.1) is 0 Å². The minimum Gasteiger partial charge on any atom is -0.455 e. The van der Waals surface area contributed by atoms with Crippen LogP contribution in [0.1, 0.15) is 0 Å². The van der Waals surface area contributed by atoms with Crippen molar-refractivity contribution in [2.75, 3.05) is 0 Å². The molecule has 1 aromatic heterocycles. The summed E-state index contributed by atoms with van der Waals surface area (Å²) < 4.78 is 6.65. The van der Waals surface area contributed by atoms with Gasteiger partial charge in [-0.3, -0.25) is 0 Å². The predicted octanol–water partition coefficient (Wildman–Crippen LogP) is 13.7. The van der Waals surface area contributed by atoms with E-state index in [0.717, 1.165) is 33.4 Å². The van der Waals surface area contributed by atoms with E-state index in [1.165, 1.54) is 65.3 Å². The van der Waals surface area contributed by atoms with Gasteiger partial charge in [0.1, 0.15) is 11.3 Å². The molecule has 0 radical (unpaired) electrons. The Kier molecular flexibility index (Phi) is 6.25. The van der Waals surface area contributed by atoms with Crippen LogP contribution >= 0.6 is 0 Å². The fourth-order valence-electron chi connectivity index (χ4n) is 7.85. The monoisotopic (exact) mass is 622 g/mol. The molecule has 49 heavy (non-hydrogen) atoms. The summed E-state index contributed by atoms with van der Waals surface area (Å²) >= 11 is 0. The highest BCUT2D eigenvalue weighted by Gasteiger charge is 2.21. The topological polar surface area (TPSA) is 13.1 Å².